The van der Waals surface area contributed by atoms with Crippen LogP contribution in [0.1, 0.15) is 37.9 Å². The Kier molecular flexibility index (Phi) is 9.76. The summed E-state index contributed by atoms with van der Waals surface area (Å²) in [6, 6.07) is 21.2. The number of halogens is 1. The van der Waals surface area contributed by atoms with Crippen molar-refractivity contribution in [1.29, 1.82) is 0 Å². The van der Waals surface area contributed by atoms with Crippen LogP contribution in [0.15, 0.2) is 98.3 Å². The van der Waals surface area contributed by atoms with Crippen molar-refractivity contribution in [2.24, 2.45) is 4.99 Å². The molecule has 0 spiro atoms. The molecule has 1 aliphatic rings. The number of esters is 1. The summed E-state index contributed by atoms with van der Waals surface area (Å²) in [6.07, 6.45) is 1.77. The minimum absolute atomic E-state index is 0.213. The number of allylic oxidation sites excluding steroid dienone is 1. The molecule has 3 aromatic carbocycles. The first-order valence-corrected chi connectivity index (χ1v) is 15.6. The molecule has 226 valence electrons. The van der Waals surface area contributed by atoms with Crippen molar-refractivity contribution >= 4 is 50.9 Å². The predicted octanol–water partition coefficient (Wildman–Crippen LogP) is 4.98. The standard InChI is InChI=1S/C33H30BrN3O6S/c1-4-41-24-14-12-22(13-15-24)30-29(31(39)36-23-9-7-6-8-10-23)20(3)35-33-37(30)32(40)27(44-33)18-21-11-16-26(25(34)17-21)43-19-28(38)42-5-2/h6-18,30H,4-5,19H2,1-3H3,(H,36,39)/b27-18-/t30-/m0/s1. The number of nitrogens with zero attached hydrogens (tertiary/aromatic N) is 2. The highest BCUT2D eigenvalue weighted by Gasteiger charge is 2.32. The van der Waals surface area contributed by atoms with Crippen LogP contribution in [0.25, 0.3) is 6.08 Å². The Hall–Kier alpha value is -4.48. The van der Waals surface area contributed by atoms with Crippen LogP contribution in [0.2, 0.25) is 0 Å². The minimum atomic E-state index is -0.710. The van der Waals surface area contributed by atoms with Gasteiger partial charge in [0.25, 0.3) is 11.5 Å². The van der Waals surface area contributed by atoms with Crippen LogP contribution in [0.5, 0.6) is 11.5 Å². The van der Waals surface area contributed by atoms with Crippen molar-refractivity contribution in [3.05, 3.63) is 119 Å². The Balaban J connectivity index is 1.55. The van der Waals surface area contributed by atoms with Crippen LogP contribution in [0.4, 0.5) is 5.69 Å². The van der Waals surface area contributed by atoms with E-state index < -0.39 is 12.0 Å². The molecule has 1 aromatic heterocycles. The van der Waals surface area contributed by atoms with Gasteiger partial charge in [-0.3, -0.25) is 14.2 Å². The van der Waals surface area contributed by atoms with Gasteiger partial charge in [-0.05, 0) is 90.3 Å². The summed E-state index contributed by atoms with van der Waals surface area (Å²) in [6.45, 7) is 6.01. The smallest absolute Gasteiger partial charge is 0.344 e. The van der Waals surface area contributed by atoms with Gasteiger partial charge in [-0.1, -0.05) is 47.7 Å². The number of amides is 1. The number of fused-ring (bicyclic) bond motifs is 1. The number of thiazole rings is 1. The molecule has 0 bridgehead atoms. The summed E-state index contributed by atoms with van der Waals surface area (Å²) in [5.74, 6) is 0.364. The van der Waals surface area contributed by atoms with Crippen molar-refractivity contribution in [3.8, 4) is 11.5 Å². The Morgan fingerprint density at radius 2 is 1.77 bits per heavy atom. The van der Waals surface area contributed by atoms with Gasteiger partial charge in [0.2, 0.25) is 0 Å². The lowest BCUT2D eigenvalue weighted by Crippen LogP contribution is -2.40. The van der Waals surface area contributed by atoms with Crippen LogP contribution in [0, 0.1) is 0 Å². The number of anilines is 1. The fourth-order valence-electron chi connectivity index (χ4n) is 4.77. The van der Waals surface area contributed by atoms with Crippen molar-refractivity contribution in [1.82, 2.24) is 4.57 Å². The molecular weight excluding hydrogens is 646 g/mol. The lowest BCUT2D eigenvalue weighted by molar-refractivity contribution is -0.145. The second-order valence-electron chi connectivity index (χ2n) is 9.69. The molecule has 0 unspecified atom stereocenters. The molecule has 4 aromatic rings. The second-order valence-corrected chi connectivity index (χ2v) is 11.6. The van der Waals surface area contributed by atoms with E-state index in [0.29, 0.717) is 48.9 Å². The van der Waals surface area contributed by atoms with E-state index in [1.54, 1.807) is 54.8 Å². The molecular formula is C33H30BrN3O6S. The molecule has 0 aliphatic carbocycles. The molecule has 9 nitrogen and oxygen atoms in total. The van der Waals surface area contributed by atoms with Crippen LogP contribution in [-0.2, 0) is 14.3 Å². The fraction of sp³-hybridized carbons (Fsp3) is 0.212. The van der Waals surface area contributed by atoms with Crippen LogP contribution in [-0.4, -0.2) is 36.3 Å². The number of carbonyl (C=O) groups excluding carboxylic acids is 2. The number of aromatic nitrogens is 1. The number of carbonyl (C=O) groups is 2. The molecule has 1 aliphatic heterocycles. The van der Waals surface area contributed by atoms with Gasteiger partial charge in [-0.2, -0.15) is 0 Å². The first-order valence-electron chi connectivity index (χ1n) is 14.0. The summed E-state index contributed by atoms with van der Waals surface area (Å²) >= 11 is 4.73. The van der Waals surface area contributed by atoms with E-state index in [1.807, 2.05) is 49.4 Å². The first-order chi connectivity index (χ1) is 21.3. The molecule has 1 amide bonds. The zero-order valence-electron chi connectivity index (χ0n) is 24.3. The van der Waals surface area contributed by atoms with E-state index in [1.165, 1.54) is 11.3 Å². The maximum Gasteiger partial charge on any atom is 0.344 e. The van der Waals surface area contributed by atoms with Gasteiger partial charge in [-0.25, -0.2) is 9.79 Å². The van der Waals surface area contributed by atoms with Gasteiger partial charge < -0.3 is 19.5 Å². The Morgan fingerprint density at radius 1 is 1.02 bits per heavy atom. The van der Waals surface area contributed by atoms with Gasteiger partial charge in [0.1, 0.15) is 11.5 Å². The molecule has 1 atom stereocenters. The van der Waals surface area contributed by atoms with Gasteiger partial charge >= 0.3 is 5.97 Å². The maximum absolute atomic E-state index is 14.0. The molecule has 0 saturated carbocycles. The molecule has 11 heteroatoms. The van der Waals surface area contributed by atoms with Crippen molar-refractivity contribution in [2.75, 3.05) is 25.1 Å². The third-order valence-corrected chi connectivity index (χ3v) is 8.31. The summed E-state index contributed by atoms with van der Waals surface area (Å²) in [7, 11) is 0. The molecule has 0 saturated heterocycles. The minimum Gasteiger partial charge on any atom is -0.494 e. The van der Waals surface area contributed by atoms with E-state index in [9.17, 15) is 14.4 Å². The number of hydrogen-bond acceptors (Lipinski definition) is 8. The normalized spacial score (nSPS) is 14.5. The van der Waals surface area contributed by atoms with E-state index in [4.69, 9.17) is 19.2 Å². The zero-order chi connectivity index (χ0) is 31.2. The molecule has 5 rings (SSSR count). The van der Waals surface area contributed by atoms with E-state index in [-0.39, 0.29) is 24.7 Å². The van der Waals surface area contributed by atoms with Gasteiger partial charge in [0, 0.05) is 5.69 Å². The zero-order valence-corrected chi connectivity index (χ0v) is 26.7. The number of nitrogens with one attached hydrogen (secondary N) is 1. The number of para-hydroxylation sites is 1. The largest absolute Gasteiger partial charge is 0.494 e. The summed E-state index contributed by atoms with van der Waals surface area (Å²) in [5, 5.41) is 2.96. The lowest BCUT2D eigenvalue weighted by atomic mass is 9.95. The SMILES string of the molecule is CCOC(=O)COc1ccc(/C=c2\sc3n(c2=O)[C@@H](c2ccc(OCC)cc2)C(C(=O)Nc2ccccc2)=C(C)N=3)cc1Br. The third kappa shape index (κ3) is 6.84. The van der Waals surface area contributed by atoms with Gasteiger partial charge in [0.05, 0.1) is 39.5 Å². The average molecular weight is 677 g/mol. The Morgan fingerprint density at radius 3 is 2.45 bits per heavy atom. The highest BCUT2D eigenvalue weighted by atomic mass is 79.9. The van der Waals surface area contributed by atoms with E-state index in [0.717, 1.165) is 11.1 Å². The molecule has 1 N–H and O–H groups in total. The second kappa shape index (κ2) is 13.9. The number of rotatable bonds is 10. The Labute approximate surface area is 266 Å². The van der Waals surface area contributed by atoms with Crippen molar-refractivity contribution in [3.63, 3.8) is 0 Å². The van der Waals surface area contributed by atoms with E-state index in [2.05, 4.69) is 21.2 Å². The topological polar surface area (TPSA) is 108 Å². The average Bonchev–Trinajstić information content (AvgIpc) is 3.31. The molecule has 0 radical (unpaired) electrons. The lowest BCUT2D eigenvalue weighted by Gasteiger charge is -2.25. The molecule has 2 heterocycles. The van der Waals surface area contributed by atoms with Crippen LogP contribution < -0.4 is 29.7 Å². The quantitative estimate of drug-likeness (QED) is 0.238. The predicted molar refractivity (Wildman–Crippen MR) is 173 cm³/mol. The summed E-state index contributed by atoms with van der Waals surface area (Å²) in [4.78, 5) is 44.6. The monoisotopic (exact) mass is 675 g/mol. The highest BCUT2D eigenvalue weighted by molar-refractivity contribution is 9.10. The summed E-state index contributed by atoms with van der Waals surface area (Å²) in [5.41, 5.74) is 2.75. The van der Waals surface area contributed by atoms with E-state index >= 15 is 0 Å². The Bertz CT molecular complexity index is 1900. The number of benzene rings is 3. The van der Waals surface area contributed by atoms with Crippen LogP contribution >= 0.6 is 27.3 Å². The fourth-order valence-corrected chi connectivity index (χ4v) is 6.33. The van der Waals surface area contributed by atoms with Gasteiger partial charge in [0.15, 0.2) is 11.4 Å². The maximum atomic E-state index is 14.0. The highest BCUT2D eigenvalue weighted by Crippen LogP contribution is 2.32. The number of ether oxygens (including phenoxy) is 3. The van der Waals surface area contributed by atoms with Crippen molar-refractivity contribution < 1.29 is 23.8 Å². The molecule has 44 heavy (non-hydrogen) atoms. The van der Waals surface area contributed by atoms with Crippen molar-refractivity contribution in [2.45, 2.75) is 26.8 Å². The third-order valence-electron chi connectivity index (χ3n) is 6.71. The first kappa shape index (κ1) is 31.0. The van der Waals surface area contributed by atoms with Gasteiger partial charge in [-0.15, -0.1) is 0 Å². The molecule has 0 fully saturated rings. The number of hydrogen-bond donors (Lipinski definition) is 1. The van der Waals surface area contributed by atoms with Crippen LogP contribution in [0.3, 0.4) is 0 Å². The summed E-state index contributed by atoms with van der Waals surface area (Å²) < 4.78 is 18.7.